The monoisotopic (exact) mass is 126 g/mol. The number of carboxylic acid groups (broad SMARTS) is 1. The van der Waals surface area contributed by atoms with Crippen molar-refractivity contribution in [1.82, 2.24) is 0 Å². The molecule has 0 aliphatic carbocycles. The van der Waals surface area contributed by atoms with Gasteiger partial charge in [0.25, 0.3) is 6.16 Å². The Morgan fingerprint density at radius 3 is 2.00 bits per heavy atom. The Bertz CT molecular complexity index is 71.7. The van der Waals surface area contributed by atoms with Gasteiger partial charge in [-0.05, 0) is 13.8 Å². The van der Waals surface area contributed by atoms with Crippen LogP contribution in [0.4, 0.5) is 4.79 Å². The molecule has 0 aromatic rings. The molecule has 0 aliphatic heterocycles. The zero-order valence-corrected chi connectivity index (χ0v) is 7.30. The molecule has 0 unspecified atom stereocenters. The third-order valence-electron chi connectivity index (χ3n) is 0.332. The summed E-state index contributed by atoms with van der Waals surface area (Å²) in [6.07, 6.45) is -1.75. The van der Waals surface area contributed by atoms with E-state index in [-0.39, 0.29) is 35.7 Å². The zero-order valence-electron chi connectivity index (χ0n) is 5.30. The molecular weight excluding hydrogens is 119 g/mol. The van der Waals surface area contributed by atoms with Crippen molar-refractivity contribution < 1.29 is 44.2 Å². The van der Waals surface area contributed by atoms with Crippen LogP contribution in [0.1, 0.15) is 13.8 Å². The molecule has 0 aromatic heterocycles. The molecule has 0 aliphatic rings. The Morgan fingerprint density at radius 1 is 1.62 bits per heavy atom. The van der Waals surface area contributed by atoms with Gasteiger partial charge in [0, 0.05) is 6.10 Å². The van der Waals surface area contributed by atoms with E-state index in [9.17, 15) is 9.90 Å². The summed E-state index contributed by atoms with van der Waals surface area (Å²) >= 11 is 0. The van der Waals surface area contributed by atoms with Crippen molar-refractivity contribution in [2.24, 2.45) is 0 Å². The van der Waals surface area contributed by atoms with Crippen molar-refractivity contribution in [3.8, 4) is 0 Å². The van der Waals surface area contributed by atoms with Gasteiger partial charge < -0.3 is 14.6 Å². The molecule has 0 spiro atoms. The van der Waals surface area contributed by atoms with Crippen molar-refractivity contribution in [2.45, 2.75) is 20.0 Å². The van der Waals surface area contributed by atoms with Crippen molar-refractivity contribution in [2.75, 3.05) is 0 Å². The molecule has 42 valence electrons. The fraction of sp³-hybridized carbons (Fsp3) is 0.750. The standard InChI is InChI=1S/C4H8O3.Na/c1-3(2)7-4(5)6;/h3H,1-2H3,(H,5,6);/q;+1/p-1. The predicted octanol–water partition coefficient (Wildman–Crippen LogP) is -3.24. The second-order valence-electron chi connectivity index (χ2n) is 1.42. The Labute approximate surface area is 70.3 Å². The summed E-state index contributed by atoms with van der Waals surface area (Å²) in [5.41, 5.74) is 0. The molecule has 0 aromatic carbocycles. The minimum absolute atomic E-state index is 0. The molecule has 0 atom stereocenters. The van der Waals surface area contributed by atoms with E-state index in [1.54, 1.807) is 13.8 Å². The van der Waals surface area contributed by atoms with Crippen LogP contribution < -0.4 is 34.7 Å². The molecule has 3 nitrogen and oxygen atoms in total. The first kappa shape index (κ1) is 11.1. The van der Waals surface area contributed by atoms with Gasteiger partial charge >= 0.3 is 29.6 Å². The first-order valence-electron chi connectivity index (χ1n) is 2.00. The van der Waals surface area contributed by atoms with Crippen LogP contribution in [0.2, 0.25) is 0 Å². The van der Waals surface area contributed by atoms with Crippen LogP contribution in [0.5, 0.6) is 0 Å². The van der Waals surface area contributed by atoms with Crippen LogP contribution in [-0.4, -0.2) is 12.3 Å². The van der Waals surface area contributed by atoms with Gasteiger partial charge in [-0.25, -0.2) is 0 Å². The Kier molecular flexibility index (Phi) is 7.52. The number of hydrogen-bond acceptors (Lipinski definition) is 3. The molecule has 0 fully saturated rings. The maximum Gasteiger partial charge on any atom is 1.00 e. The van der Waals surface area contributed by atoms with Gasteiger partial charge in [0.1, 0.15) is 0 Å². The summed E-state index contributed by atoms with van der Waals surface area (Å²) in [6, 6.07) is 0. The molecule has 4 heteroatoms. The van der Waals surface area contributed by atoms with Crippen LogP contribution in [0.25, 0.3) is 0 Å². The molecular formula is C4H7NaO3. The fourth-order valence-electron chi connectivity index (χ4n) is 0.192. The van der Waals surface area contributed by atoms with Gasteiger partial charge in [-0.15, -0.1) is 0 Å². The van der Waals surface area contributed by atoms with Crippen LogP contribution in [0.15, 0.2) is 0 Å². The second-order valence-corrected chi connectivity index (χ2v) is 1.42. The summed E-state index contributed by atoms with van der Waals surface area (Å²) in [6.45, 7) is 3.24. The molecule has 0 bridgehead atoms. The third-order valence-corrected chi connectivity index (χ3v) is 0.332. The number of ether oxygens (including phenoxy) is 1. The van der Waals surface area contributed by atoms with Gasteiger partial charge in [-0.3, -0.25) is 0 Å². The summed E-state index contributed by atoms with van der Waals surface area (Å²) in [7, 11) is 0. The molecule has 0 saturated carbocycles. The quantitative estimate of drug-likeness (QED) is 0.274. The van der Waals surface area contributed by atoms with Gasteiger partial charge in [-0.2, -0.15) is 0 Å². The number of carbonyl (C=O) groups is 1. The maximum absolute atomic E-state index is 9.48. The molecule has 8 heavy (non-hydrogen) atoms. The second kappa shape index (κ2) is 5.41. The molecule has 0 heterocycles. The average Bonchev–Trinajstić information content (AvgIpc) is 1.27. The predicted molar refractivity (Wildman–Crippen MR) is 21.6 cm³/mol. The van der Waals surface area contributed by atoms with E-state index >= 15 is 0 Å². The van der Waals surface area contributed by atoms with Crippen LogP contribution in [0.3, 0.4) is 0 Å². The van der Waals surface area contributed by atoms with Crippen LogP contribution >= 0.6 is 0 Å². The maximum atomic E-state index is 9.48. The number of hydrogen-bond donors (Lipinski definition) is 0. The minimum Gasteiger partial charge on any atom is -0.547 e. The summed E-state index contributed by atoms with van der Waals surface area (Å²) < 4.78 is 4.06. The van der Waals surface area contributed by atoms with Gasteiger partial charge in [0.05, 0.1) is 0 Å². The number of carbonyl (C=O) groups excluding carboxylic acids is 1. The van der Waals surface area contributed by atoms with Gasteiger partial charge in [0.2, 0.25) is 0 Å². The van der Waals surface area contributed by atoms with Crippen molar-refractivity contribution >= 4 is 6.16 Å². The Balaban J connectivity index is 0. The van der Waals surface area contributed by atoms with E-state index in [0.717, 1.165) is 0 Å². The van der Waals surface area contributed by atoms with Crippen LogP contribution in [-0.2, 0) is 4.74 Å². The van der Waals surface area contributed by atoms with Crippen molar-refractivity contribution in [3.63, 3.8) is 0 Å². The number of rotatable bonds is 1. The van der Waals surface area contributed by atoms with Gasteiger partial charge in [-0.1, -0.05) is 0 Å². The summed E-state index contributed by atoms with van der Waals surface area (Å²) in [5.74, 6) is 0. The van der Waals surface area contributed by atoms with E-state index in [1.165, 1.54) is 0 Å². The molecule has 0 rings (SSSR count). The smallest absolute Gasteiger partial charge is 0.547 e. The average molecular weight is 126 g/mol. The molecule has 0 amide bonds. The minimum atomic E-state index is -1.46. The van der Waals surface area contributed by atoms with Crippen molar-refractivity contribution in [1.29, 1.82) is 0 Å². The topological polar surface area (TPSA) is 49.4 Å². The van der Waals surface area contributed by atoms with Crippen molar-refractivity contribution in [3.05, 3.63) is 0 Å². The van der Waals surface area contributed by atoms with E-state index in [1.807, 2.05) is 0 Å². The fourth-order valence-corrected chi connectivity index (χ4v) is 0.192. The SMILES string of the molecule is CC(C)OC(=O)[O-].[Na+]. The first-order chi connectivity index (χ1) is 3.13. The molecule has 0 saturated heterocycles. The first-order valence-corrected chi connectivity index (χ1v) is 2.00. The normalized spacial score (nSPS) is 7.88. The van der Waals surface area contributed by atoms with E-state index in [2.05, 4.69) is 4.74 Å². The van der Waals surface area contributed by atoms with E-state index in [4.69, 9.17) is 0 Å². The Hall–Kier alpha value is 0.270. The molecule has 0 N–H and O–H groups in total. The Morgan fingerprint density at radius 2 is 2.00 bits per heavy atom. The molecule has 0 radical (unpaired) electrons. The van der Waals surface area contributed by atoms with Gasteiger partial charge in [0.15, 0.2) is 0 Å². The summed E-state index contributed by atoms with van der Waals surface area (Å²) in [5, 5.41) is 9.48. The zero-order chi connectivity index (χ0) is 5.86. The van der Waals surface area contributed by atoms with Crippen LogP contribution in [0, 0.1) is 0 Å². The van der Waals surface area contributed by atoms with E-state index < -0.39 is 6.16 Å². The summed E-state index contributed by atoms with van der Waals surface area (Å²) in [4.78, 5) is 9.48. The largest absolute Gasteiger partial charge is 1.00 e. The third kappa shape index (κ3) is 9.55. The van der Waals surface area contributed by atoms with E-state index in [0.29, 0.717) is 0 Å².